The van der Waals surface area contributed by atoms with E-state index in [9.17, 15) is 0 Å². The SMILES string of the molecule is COCCNCc1nnc(Nc2ccc(C)c(C)c2)o1. The summed E-state index contributed by atoms with van der Waals surface area (Å²) in [6.45, 7) is 6.08. The zero-order valence-corrected chi connectivity index (χ0v) is 12.1. The van der Waals surface area contributed by atoms with E-state index in [-0.39, 0.29) is 0 Å². The molecule has 20 heavy (non-hydrogen) atoms. The van der Waals surface area contributed by atoms with Crippen LogP contribution in [0.2, 0.25) is 0 Å². The highest BCUT2D eigenvalue weighted by Gasteiger charge is 2.06. The summed E-state index contributed by atoms with van der Waals surface area (Å²) in [5.74, 6) is 0.549. The second-order valence-corrected chi connectivity index (χ2v) is 4.59. The van der Waals surface area contributed by atoms with Gasteiger partial charge in [-0.15, -0.1) is 5.10 Å². The number of anilines is 2. The van der Waals surface area contributed by atoms with Gasteiger partial charge in [-0.3, -0.25) is 0 Å². The predicted octanol–water partition coefficient (Wildman–Crippen LogP) is 2.17. The van der Waals surface area contributed by atoms with E-state index in [4.69, 9.17) is 9.15 Å². The molecule has 2 N–H and O–H groups in total. The summed E-state index contributed by atoms with van der Waals surface area (Å²) in [7, 11) is 1.67. The lowest BCUT2D eigenvalue weighted by atomic mass is 10.1. The van der Waals surface area contributed by atoms with Crippen molar-refractivity contribution in [3.63, 3.8) is 0 Å². The standard InChI is InChI=1S/C14H20N4O2/c1-10-4-5-12(8-11(10)2)16-14-18-17-13(20-14)9-15-6-7-19-3/h4-5,8,15H,6-7,9H2,1-3H3,(H,16,18). The van der Waals surface area contributed by atoms with Gasteiger partial charge in [0.25, 0.3) is 0 Å². The molecule has 1 heterocycles. The lowest BCUT2D eigenvalue weighted by Gasteiger charge is -2.04. The van der Waals surface area contributed by atoms with Crippen LogP contribution in [0.4, 0.5) is 11.7 Å². The van der Waals surface area contributed by atoms with E-state index in [2.05, 4.69) is 46.8 Å². The number of aryl methyl sites for hydroxylation is 2. The van der Waals surface area contributed by atoms with Crippen LogP contribution in [0.5, 0.6) is 0 Å². The first kappa shape index (κ1) is 14.5. The Bertz CT molecular complexity index is 554. The molecule has 6 heteroatoms. The minimum atomic E-state index is 0.400. The maximum atomic E-state index is 5.50. The zero-order valence-electron chi connectivity index (χ0n) is 12.1. The third-order valence-electron chi connectivity index (χ3n) is 2.98. The average Bonchev–Trinajstić information content (AvgIpc) is 2.87. The fourth-order valence-corrected chi connectivity index (χ4v) is 1.69. The van der Waals surface area contributed by atoms with E-state index in [1.54, 1.807) is 7.11 Å². The molecule has 0 spiro atoms. The van der Waals surface area contributed by atoms with Gasteiger partial charge in [0.15, 0.2) is 0 Å². The lowest BCUT2D eigenvalue weighted by molar-refractivity contribution is 0.198. The van der Waals surface area contributed by atoms with Crippen molar-refractivity contribution in [2.45, 2.75) is 20.4 Å². The summed E-state index contributed by atoms with van der Waals surface area (Å²) in [6, 6.07) is 6.50. The van der Waals surface area contributed by atoms with Crippen LogP contribution in [0, 0.1) is 13.8 Å². The number of benzene rings is 1. The molecule has 0 aliphatic carbocycles. The number of rotatable bonds is 7. The number of hydrogen-bond donors (Lipinski definition) is 2. The van der Waals surface area contributed by atoms with Gasteiger partial charge in [-0.1, -0.05) is 11.2 Å². The van der Waals surface area contributed by atoms with Crippen molar-refractivity contribution in [2.75, 3.05) is 25.6 Å². The van der Waals surface area contributed by atoms with Gasteiger partial charge in [0, 0.05) is 19.3 Å². The molecule has 6 nitrogen and oxygen atoms in total. The van der Waals surface area contributed by atoms with Crippen molar-refractivity contribution in [1.29, 1.82) is 0 Å². The molecule has 0 unspecified atom stereocenters. The van der Waals surface area contributed by atoms with E-state index in [0.29, 0.717) is 25.1 Å². The van der Waals surface area contributed by atoms with Crippen LogP contribution in [-0.4, -0.2) is 30.5 Å². The van der Waals surface area contributed by atoms with Crippen LogP contribution in [0.3, 0.4) is 0 Å². The molecule has 0 aliphatic rings. The van der Waals surface area contributed by atoms with Gasteiger partial charge in [-0.05, 0) is 37.1 Å². The van der Waals surface area contributed by atoms with Gasteiger partial charge >= 0.3 is 6.01 Å². The smallest absolute Gasteiger partial charge is 0.320 e. The Morgan fingerprint density at radius 1 is 1.20 bits per heavy atom. The number of ether oxygens (including phenoxy) is 1. The summed E-state index contributed by atoms with van der Waals surface area (Å²) < 4.78 is 10.4. The maximum Gasteiger partial charge on any atom is 0.320 e. The molecule has 0 saturated carbocycles. The van der Waals surface area contributed by atoms with Crippen LogP contribution in [0.25, 0.3) is 0 Å². The molecule has 1 aromatic heterocycles. The van der Waals surface area contributed by atoms with Crippen molar-refractivity contribution in [3.05, 3.63) is 35.2 Å². The molecule has 0 amide bonds. The van der Waals surface area contributed by atoms with Gasteiger partial charge in [0.2, 0.25) is 5.89 Å². The molecule has 2 aromatic rings. The molecule has 2 rings (SSSR count). The molecular weight excluding hydrogens is 256 g/mol. The maximum absolute atomic E-state index is 5.50. The highest BCUT2D eigenvalue weighted by molar-refractivity contribution is 5.54. The van der Waals surface area contributed by atoms with Crippen LogP contribution in [0.15, 0.2) is 22.6 Å². The zero-order chi connectivity index (χ0) is 14.4. The Balaban J connectivity index is 1.90. The van der Waals surface area contributed by atoms with Crippen molar-refractivity contribution < 1.29 is 9.15 Å². The molecular formula is C14H20N4O2. The minimum absolute atomic E-state index is 0.400. The van der Waals surface area contributed by atoms with Crippen molar-refractivity contribution in [3.8, 4) is 0 Å². The Kier molecular flexibility index (Phi) is 5.09. The van der Waals surface area contributed by atoms with Crippen LogP contribution in [-0.2, 0) is 11.3 Å². The lowest BCUT2D eigenvalue weighted by Crippen LogP contribution is -2.18. The van der Waals surface area contributed by atoms with Gasteiger partial charge in [0.05, 0.1) is 13.2 Å². The molecule has 108 valence electrons. The van der Waals surface area contributed by atoms with Gasteiger partial charge < -0.3 is 19.8 Å². The molecule has 0 radical (unpaired) electrons. The van der Waals surface area contributed by atoms with Crippen LogP contribution in [0.1, 0.15) is 17.0 Å². The first-order chi connectivity index (χ1) is 9.69. The number of aromatic nitrogens is 2. The quantitative estimate of drug-likeness (QED) is 0.755. The largest absolute Gasteiger partial charge is 0.406 e. The fraction of sp³-hybridized carbons (Fsp3) is 0.429. The van der Waals surface area contributed by atoms with Crippen LogP contribution >= 0.6 is 0 Å². The van der Waals surface area contributed by atoms with E-state index in [1.165, 1.54) is 11.1 Å². The summed E-state index contributed by atoms with van der Waals surface area (Å²) >= 11 is 0. The predicted molar refractivity (Wildman–Crippen MR) is 77.1 cm³/mol. The Morgan fingerprint density at radius 2 is 2.05 bits per heavy atom. The molecule has 0 aliphatic heterocycles. The molecule has 0 saturated heterocycles. The van der Waals surface area contributed by atoms with Gasteiger partial charge in [-0.2, -0.15) is 0 Å². The highest BCUT2D eigenvalue weighted by atomic mass is 16.5. The molecule has 0 atom stereocenters. The molecule has 0 fully saturated rings. The first-order valence-corrected chi connectivity index (χ1v) is 6.55. The van der Waals surface area contributed by atoms with Crippen LogP contribution < -0.4 is 10.6 Å². The fourth-order valence-electron chi connectivity index (χ4n) is 1.69. The minimum Gasteiger partial charge on any atom is -0.406 e. The van der Waals surface area contributed by atoms with Crippen molar-refractivity contribution in [2.24, 2.45) is 0 Å². The Hall–Kier alpha value is -1.92. The number of nitrogens with one attached hydrogen (secondary N) is 2. The number of hydrogen-bond acceptors (Lipinski definition) is 6. The van der Waals surface area contributed by atoms with Gasteiger partial charge in [0.1, 0.15) is 0 Å². The number of methoxy groups -OCH3 is 1. The van der Waals surface area contributed by atoms with E-state index in [0.717, 1.165) is 12.2 Å². The monoisotopic (exact) mass is 276 g/mol. The summed E-state index contributed by atoms with van der Waals surface area (Å²) in [6.07, 6.45) is 0. The van der Waals surface area contributed by atoms with E-state index < -0.39 is 0 Å². The molecule has 1 aromatic carbocycles. The van der Waals surface area contributed by atoms with Gasteiger partial charge in [-0.25, -0.2) is 0 Å². The normalized spacial score (nSPS) is 10.8. The third-order valence-corrected chi connectivity index (χ3v) is 2.98. The van der Waals surface area contributed by atoms with E-state index >= 15 is 0 Å². The summed E-state index contributed by atoms with van der Waals surface area (Å²) in [5, 5.41) is 14.2. The van der Waals surface area contributed by atoms with E-state index in [1.807, 2.05) is 6.07 Å². The van der Waals surface area contributed by atoms with Crippen molar-refractivity contribution >= 4 is 11.7 Å². The molecule has 0 bridgehead atoms. The summed E-state index contributed by atoms with van der Waals surface area (Å²) in [5.41, 5.74) is 3.41. The Morgan fingerprint density at radius 3 is 2.80 bits per heavy atom. The third kappa shape index (κ3) is 4.04. The Labute approximate surface area is 118 Å². The second-order valence-electron chi connectivity index (χ2n) is 4.59. The average molecular weight is 276 g/mol. The second kappa shape index (κ2) is 7.02. The number of nitrogens with zero attached hydrogens (tertiary/aromatic N) is 2. The highest BCUT2D eigenvalue weighted by Crippen LogP contribution is 2.18. The van der Waals surface area contributed by atoms with Crippen molar-refractivity contribution in [1.82, 2.24) is 15.5 Å². The topological polar surface area (TPSA) is 72.2 Å². The first-order valence-electron chi connectivity index (χ1n) is 6.55. The summed E-state index contributed by atoms with van der Waals surface area (Å²) in [4.78, 5) is 0.